The molecule has 2 heterocycles. The predicted molar refractivity (Wildman–Crippen MR) is 192 cm³/mol. The van der Waals surface area contributed by atoms with Crippen LogP contribution in [-0.2, 0) is 56.6 Å². The fraction of sp³-hybridized carbons (Fsp3) is 0.641. The van der Waals surface area contributed by atoms with Crippen LogP contribution in [0.25, 0.3) is 0 Å². The van der Waals surface area contributed by atoms with Crippen molar-refractivity contribution in [3.05, 3.63) is 46.8 Å². The number of nitrogens with one attached hydrogen (secondary N) is 1. The van der Waals surface area contributed by atoms with Crippen LogP contribution in [0.1, 0.15) is 109 Å². The Morgan fingerprint density at radius 1 is 1.09 bits per heavy atom. The van der Waals surface area contributed by atoms with Crippen LogP contribution in [0.4, 0.5) is 9.18 Å². The van der Waals surface area contributed by atoms with Crippen molar-refractivity contribution in [1.82, 2.24) is 14.5 Å². The molecule has 15 heteroatoms. The second-order valence-electron chi connectivity index (χ2n) is 16.5. The van der Waals surface area contributed by atoms with E-state index in [-0.39, 0.29) is 63.4 Å². The lowest BCUT2D eigenvalue weighted by atomic mass is 9.88. The quantitative estimate of drug-likeness (QED) is 0.248. The largest absolute Gasteiger partial charge is 0.460 e. The van der Waals surface area contributed by atoms with E-state index in [1.165, 1.54) is 15.9 Å². The summed E-state index contributed by atoms with van der Waals surface area (Å²) in [5.41, 5.74) is -0.428. The highest BCUT2D eigenvalue weighted by molar-refractivity contribution is 7.90. The van der Waals surface area contributed by atoms with Gasteiger partial charge >= 0.3 is 12.1 Å². The van der Waals surface area contributed by atoms with Crippen molar-refractivity contribution in [3.63, 3.8) is 0 Å². The molecule has 54 heavy (non-hydrogen) atoms. The molecule has 1 aromatic carbocycles. The van der Waals surface area contributed by atoms with E-state index < -0.39 is 79.8 Å². The number of Topliss-reactive ketones (excluding diaryl/α,β-unsaturated/α-hetero) is 2. The van der Waals surface area contributed by atoms with Gasteiger partial charge in [0.2, 0.25) is 21.8 Å². The summed E-state index contributed by atoms with van der Waals surface area (Å²) in [4.78, 5) is 84.3. The number of likely N-dealkylation sites (tertiary alicyclic amines) is 1. The third kappa shape index (κ3) is 8.71. The molecule has 5 atom stereocenters. The van der Waals surface area contributed by atoms with Crippen LogP contribution in [0.5, 0.6) is 0 Å². The summed E-state index contributed by atoms with van der Waals surface area (Å²) in [6.07, 6.45) is 2.50. The van der Waals surface area contributed by atoms with Gasteiger partial charge in [-0.3, -0.25) is 33.6 Å². The molecule has 0 radical (unpaired) electrons. The van der Waals surface area contributed by atoms with E-state index in [1.54, 1.807) is 32.9 Å². The lowest BCUT2D eigenvalue weighted by Gasteiger charge is -2.29. The van der Waals surface area contributed by atoms with Gasteiger partial charge in [0.1, 0.15) is 17.5 Å². The van der Waals surface area contributed by atoms with E-state index in [4.69, 9.17) is 9.47 Å². The number of carbonyl (C=O) groups excluding carboxylic acids is 6. The first-order chi connectivity index (χ1) is 25.4. The van der Waals surface area contributed by atoms with Gasteiger partial charge in [0, 0.05) is 37.3 Å². The third-order valence-electron chi connectivity index (χ3n) is 11.3. The zero-order valence-electron chi connectivity index (χ0n) is 31.4. The highest BCUT2D eigenvalue weighted by Gasteiger charge is 2.61. The van der Waals surface area contributed by atoms with Crippen LogP contribution in [0, 0.1) is 23.1 Å². The number of fused-ring (bicyclic) bond motifs is 1. The first-order valence-corrected chi connectivity index (χ1v) is 20.5. The Morgan fingerprint density at radius 3 is 2.41 bits per heavy atom. The number of ketones is 2. The molecule has 0 spiro atoms. The van der Waals surface area contributed by atoms with E-state index >= 15 is 0 Å². The topological polar surface area (TPSA) is 174 Å². The Bertz CT molecular complexity index is 1870. The van der Waals surface area contributed by atoms with Crippen molar-refractivity contribution in [2.75, 3.05) is 6.54 Å². The van der Waals surface area contributed by atoms with Gasteiger partial charge in [0.25, 0.3) is 0 Å². The van der Waals surface area contributed by atoms with Crippen molar-refractivity contribution in [2.45, 2.75) is 134 Å². The van der Waals surface area contributed by atoms with Gasteiger partial charge in [-0.25, -0.2) is 17.6 Å². The molecule has 0 aromatic heterocycles. The van der Waals surface area contributed by atoms with Gasteiger partial charge in [-0.2, -0.15) is 0 Å². The standard InChI is InChI=1S/C39H50FN3O10S/c1-5-26-18-39(26,36(48)41-54(50,51)28-13-14-28)19-33(45)31-17-27(52-37(49)42-20-25-10-7-11-30(40)29(25)22-42)21-43(31)35(47)24(16-34(46)53-38(2,3)4)12-15-32(44)23-8-6-9-23/h7-8,10-11,24,26-28,31H,5-6,9,12-22H2,1-4H3,(H,41,48)/t24-,26-,27-,31+,39-/m1/s1. The second kappa shape index (κ2) is 15.2. The van der Waals surface area contributed by atoms with E-state index in [9.17, 15) is 41.6 Å². The predicted octanol–water partition coefficient (Wildman–Crippen LogP) is 4.65. The van der Waals surface area contributed by atoms with E-state index in [0.29, 0.717) is 48.8 Å². The van der Waals surface area contributed by atoms with Crippen molar-refractivity contribution < 1.29 is 51.0 Å². The van der Waals surface area contributed by atoms with Crippen molar-refractivity contribution >= 4 is 45.5 Å². The number of carbonyl (C=O) groups is 6. The van der Waals surface area contributed by atoms with Crippen molar-refractivity contribution in [1.29, 1.82) is 0 Å². The number of allylic oxidation sites excluding steroid dienone is 2. The summed E-state index contributed by atoms with van der Waals surface area (Å²) in [6, 6.07) is 3.42. The lowest BCUT2D eigenvalue weighted by Crippen LogP contribution is -2.46. The Hall–Kier alpha value is -4.14. The number of nitrogens with zero attached hydrogens (tertiary/aromatic N) is 2. The molecule has 13 nitrogen and oxygen atoms in total. The highest BCUT2D eigenvalue weighted by atomic mass is 32.2. The molecule has 0 bridgehead atoms. The smallest absolute Gasteiger partial charge is 0.410 e. The summed E-state index contributed by atoms with van der Waals surface area (Å²) in [6.45, 7) is 6.83. The third-order valence-corrected chi connectivity index (χ3v) is 13.1. The maximum absolute atomic E-state index is 14.5. The summed E-state index contributed by atoms with van der Waals surface area (Å²) >= 11 is 0. The Morgan fingerprint density at radius 2 is 1.81 bits per heavy atom. The van der Waals surface area contributed by atoms with Crippen molar-refractivity contribution in [2.24, 2.45) is 17.3 Å². The molecule has 5 aliphatic rings. The lowest BCUT2D eigenvalue weighted by molar-refractivity contribution is -0.159. The first-order valence-electron chi connectivity index (χ1n) is 19.0. The number of ether oxygens (including phenoxy) is 2. The van der Waals surface area contributed by atoms with E-state index in [0.717, 1.165) is 6.42 Å². The Balaban J connectivity index is 1.23. The molecule has 1 saturated heterocycles. The molecule has 294 valence electrons. The monoisotopic (exact) mass is 771 g/mol. The van der Waals surface area contributed by atoms with E-state index in [2.05, 4.69) is 4.72 Å². The molecule has 2 saturated carbocycles. The first kappa shape index (κ1) is 39.6. The molecule has 6 rings (SSSR count). The fourth-order valence-corrected chi connectivity index (χ4v) is 9.30. The van der Waals surface area contributed by atoms with Gasteiger partial charge in [-0.05, 0) is 82.4 Å². The van der Waals surface area contributed by atoms with Crippen LogP contribution >= 0.6 is 0 Å². The maximum atomic E-state index is 14.5. The van der Waals surface area contributed by atoms with Crippen LogP contribution in [0.15, 0.2) is 29.8 Å². The summed E-state index contributed by atoms with van der Waals surface area (Å²) < 4.78 is 53.5. The zero-order valence-corrected chi connectivity index (χ0v) is 32.2. The van der Waals surface area contributed by atoms with Crippen molar-refractivity contribution in [3.8, 4) is 0 Å². The molecule has 3 amide bonds. The molecule has 0 unspecified atom stereocenters. The number of esters is 1. The fourth-order valence-electron chi connectivity index (χ4n) is 7.91. The molecular formula is C39H50FN3O10S. The summed E-state index contributed by atoms with van der Waals surface area (Å²) in [5, 5.41) is -0.638. The second-order valence-corrected chi connectivity index (χ2v) is 18.4. The number of hydrogen-bond acceptors (Lipinski definition) is 10. The average Bonchev–Trinajstić information content (AvgIpc) is 3.95. The minimum absolute atomic E-state index is 0.00108. The Labute approximate surface area is 315 Å². The molecule has 1 aromatic rings. The number of halogens is 1. The minimum atomic E-state index is -3.88. The Kier molecular flexibility index (Phi) is 11.1. The van der Waals surface area contributed by atoms with E-state index in [1.807, 2.05) is 13.0 Å². The number of amides is 3. The minimum Gasteiger partial charge on any atom is -0.460 e. The zero-order chi connectivity index (χ0) is 39.2. The van der Waals surface area contributed by atoms with Crippen LogP contribution in [0.2, 0.25) is 0 Å². The normalized spacial score (nSPS) is 25.2. The van der Waals surface area contributed by atoms with Crippen LogP contribution < -0.4 is 4.72 Å². The molecule has 3 fully saturated rings. The molecular weight excluding hydrogens is 722 g/mol. The SMILES string of the molecule is CC[C@@H]1C[C@]1(CC(=O)[C@@H]1C[C@@H](OC(=O)N2Cc3cccc(F)c3C2)CN1C(=O)[C@H](CCC(=O)C1=CCC1)CC(=O)OC(C)(C)C)C(=O)NS(=O)(=O)C1CC1. The van der Waals surface area contributed by atoms with Gasteiger partial charge < -0.3 is 14.4 Å². The average molecular weight is 772 g/mol. The van der Waals surface area contributed by atoms with Gasteiger partial charge in [-0.15, -0.1) is 0 Å². The summed E-state index contributed by atoms with van der Waals surface area (Å²) in [7, 11) is -3.88. The maximum Gasteiger partial charge on any atom is 0.410 e. The van der Waals surface area contributed by atoms with Gasteiger partial charge in [0.15, 0.2) is 11.6 Å². The van der Waals surface area contributed by atoms with Gasteiger partial charge in [-0.1, -0.05) is 31.6 Å². The molecule has 1 N–H and O–H groups in total. The molecule has 3 aliphatic carbocycles. The number of rotatable bonds is 15. The van der Waals surface area contributed by atoms with Crippen LogP contribution in [0.3, 0.4) is 0 Å². The van der Waals surface area contributed by atoms with Gasteiger partial charge in [0.05, 0.1) is 36.2 Å². The van der Waals surface area contributed by atoms with Crippen LogP contribution in [-0.4, -0.2) is 83.2 Å². The molecule has 2 aliphatic heterocycles. The summed E-state index contributed by atoms with van der Waals surface area (Å²) in [5.74, 6) is -4.35. The number of sulfonamides is 1. The number of benzene rings is 1. The highest BCUT2D eigenvalue weighted by Crippen LogP contribution is 2.58. The number of hydrogen-bond donors (Lipinski definition) is 1.